The maximum atomic E-state index is 5.94. The molecule has 0 N–H and O–H groups in total. The highest BCUT2D eigenvalue weighted by molar-refractivity contribution is 6.17. The molecule has 0 bridgehead atoms. The van der Waals surface area contributed by atoms with Gasteiger partial charge in [-0.15, -0.1) is 11.6 Å². The van der Waals surface area contributed by atoms with Gasteiger partial charge >= 0.3 is 0 Å². The number of benzene rings is 1. The van der Waals surface area contributed by atoms with Crippen LogP contribution in [0.2, 0.25) is 0 Å². The molecule has 1 aromatic heterocycles. The first-order chi connectivity index (χ1) is 10.2. The first kappa shape index (κ1) is 15.4. The highest BCUT2D eigenvalue weighted by atomic mass is 35.5. The standard InChI is InChI=1S/C16H18ClNO3/c1-11-6-15(20-3)8-13(18-11)10-21-16-5-4-14(19-2)7-12(16)9-17/h4-8H,9-10H2,1-3H3. The van der Waals surface area contributed by atoms with Crippen molar-refractivity contribution in [1.29, 1.82) is 0 Å². The minimum atomic E-state index is 0.355. The summed E-state index contributed by atoms with van der Waals surface area (Å²) in [7, 11) is 3.26. The van der Waals surface area contributed by atoms with Crippen molar-refractivity contribution < 1.29 is 14.2 Å². The van der Waals surface area contributed by atoms with Gasteiger partial charge in [-0.2, -0.15) is 0 Å². The lowest BCUT2D eigenvalue weighted by molar-refractivity contribution is 0.296. The zero-order valence-electron chi connectivity index (χ0n) is 12.4. The molecule has 0 aliphatic rings. The summed E-state index contributed by atoms with van der Waals surface area (Å²) in [5, 5.41) is 0. The molecule has 5 heteroatoms. The monoisotopic (exact) mass is 307 g/mol. The Morgan fingerprint density at radius 1 is 1.05 bits per heavy atom. The van der Waals surface area contributed by atoms with Crippen molar-refractivity contribution in [3.05, 3.63) is 47.3 Å². The van der Waals surface area contributed by atoms with Crippen LogP contribution in [0.15, 0.2) is 30.3 Å². The fourth-order valence-corrected chi connectivity index (χ4v) is 2.18. The average Bonchev–Trinajstić information content (AvgIpc) is 2.52. The van der Waals surface area contributed by atoms with E-state index in [2.05, 4.69) is 4.98 Å². The van der Waals surface area contributed by atoms with Gasteiger partial charge in [0.25, 0.3) is 0 Å². The number of aryl methyl sites for hydroxylation is 1. The molecule has 0 atom stereocenters. The van der Waals surface area contributed by atoms with E-state index in [1.165, 1.54) is 0 Å². The third kappa shape index (κ3) is 4.02. The van der Waals surface area contributed by atoms with Crippen LogP contribution in [0.3, 0.4) is 0 Å². The van der Waals surface area contributed by atoms with Gasteiger partial charge in [0.1, 0.15) is 23.9 Å². The van der Waals surface area contributed by atoms with Crippen LogP contribution in [-0.4, -0.2) is 19.2 Å². The molecule has 0 saturated heterocycles. The molecule has 4 nitrogen and oxygen atoms in total. The van der Waals surface area contributed by atoms with Crippen LogP contribution in [-0.2, 0) is 12.5 Å². The summed E-state index contributed by atoms with van der Waals surface area (Å²) in [6.07, 6.45) is 0. The van der Waals surface area contributed by atoms with Crippen molar-refractivity contribution in [1.82, 2.24) is 4.98 Å². The van der Waals surface area contributed by atoms with E-state index in [1.54, 1.807) is 14.2 Å². The number of pyridine rings is 1. The Morgan fingerprint density at radius 3 is 2.48 bits per heavy atom. The number of nitrogens with zero attached hydrogens (tertiary/aromatic N) is 1. The zero-order valence-corrected chi connectivity index (χ0v) is 13.1. The van der Waals surface area contributed by atoms with E-state index in [0.717, 1.165) is 34.2 Å². The van der Waals surface area contributed by atoms with Crippen LogP contribution >= 0.6 is 11.6 Å². The molecule has 0 spiro atoms. The predicted molar refractivity (Wildman–Crippen MR) is 82.4 cm³/mol. The third-order valence-corrected chi connectivity index (χ3v) is 3.29. The van der Waals surface area contributed by atoms with E-state index in [0.29, 0.717) is 12.5 Å². The quantitative estimate of drug-likeness (QED) is 0.763. The van der Waals surface area contributed by atoms with Crippen LogP contribution in [0.4, 0.5) is 0 Å². The first-order valence-corrected chi connectivity index (χ1v) is 7.07. The van der Waals surface area contributed by atoms with E-state index in [-0.39, 0.29) is 0 Å². The molecule has 0 aliphatic carbocycles. The summed E-state index contributed by atoms with van der Waals surface area (Å²) in [6.45, 7) is 2.28. The van der Waals surface area contributed by atoms with Crippen molar-refractivity contribution in [2.75, 3.05) is 14.2 Å². The van der Waals surface area contributed by atoms with Gasteiger partial charge in [-0.05, 0) is 25.1 Å². The number of halogens is 1. The van der Waals surface area contributed by atoms with E-state index in [4.69, 9.17) is 25.8 Å². The maximum absolute atomic E-state index is 5.94. The maximum Gasteiger partial charge on any atom is 0.130 e. The SMILES string of the molecule is COc1cc(C)nc(COc2ccc(OC)cc2CCl)c1. The van der Waals surface area contributed by atoms with Crippen LogP contribution in [0, 0.1) is 6.92 Å². The molecule has 2 rings (SSSR count). The molecule has 0 saturated carbocycles. The normalized spacial score (nSPS) is 10.3. The summed E-state index contributed by atoms with van der Waals surface area (Å²) < 4.78 is 16.2. The fourth-order valence-electron chi connectivity index (χ4n) is 1.97. The number of ether oxygens (including phenoxy) is 3. The summed E-state index contributed by atoms with van der Waals surface area (Å²) >= 11 is 5.94. The Kier molecular flexibility index (Phi) is 5.28. The van der Waals surface area contributed by atoms with E-state index in [9.17, 15) is 0 Å². The van der Waals surface area contributed by atoms with Gasteiger partial charge in [-0.1, -0.05) is 0 Å². The second kappa shape index (κ2) is 7.18. The zero-order chi connectivity index (χ0) is 15.2. The highest BCUT2D eigenvalue weighted by Crippen LogP contribution is 2.26. The molecule has 0 unspecified atom stereocenters. The topological polar surface area (TPSA) is 40.6 Å². The molecule has 112 valence electrons. The van der Waals surface area contributed by atoms with Gasteiger partial charge in [0.2, 0.25) is 0 Å². The van der Waals surface area contributed by atoms with Gasteiger partial charge in [-0.25, -0.2) is 0 Å². The van der Waals surface area contributed by atoms with Crippen molar-refractivity contribution in [2.24, 2.45) is 0 Å². The Labute approximate surface area is 129 Å². The molecular weight excluding hydrogens is 290 g/mol. The molecule has 0 amide bonds. The predicted octanol–water partition coefficient (Wildman–Crippen LogP) is 3.73. The van der Waals surface area contributed by atoms with Crippen LogP contribution < -0.4 is 14.2 Å². The molecule has 0 radical (unpaired) electrons. The molecule has 1 aromatic carbocycles. The molecule has 2 aromatic rings. The lowest BCUT2D eigenvalue weighted by atomic mass is 10.2. The Hall–Kier alpha value is -1.94. The molecule has 21 heavy (non-hydrogen) atoms. The number of alkyl halides is 1. The number of aromatic nitrogens is 1. The average molecular weight is 308 g/mol. The summed E-state index contributed by atoms with van der Waals surface area (Å²) in [6, 6.07) is 9.30. The van der Waals surface area contributed by atoms with Crippen LogP contribution in [0.25, 0.3) is 0 Å². The molecule has 0 fully saturated rings. The first-order valence-electron chi connectivity index (χ1n) is 6.53. The highest BCUT2D eigenvalue weighted by Gasteiger charge is 2.07. The van der Waals surface area contributed by atoms with Gasteiger partial charge < -0.3 is 14.2 Å². The van der Waals surface area contributed by atoms with Gasteiger partial charge in [0.05, 0.1) is 25.8 Å². The second-order valence-electron chi connectivity index (χ2n) is 4.54. The lowest BCUT2D eigenvalue weighted by Crippen LogP contribution is -2.02. The van der Waals surface area contributed by atoms with Crippen molar-refractivity contribution in [3.8, 4) is 17.2 Å². The molecule has 0 aliphatic heterocycles. The van der Waals surface area contributed by atoms with Crippen molar-refractivity contribution in [3.63, 3.8) is 0 Å². The van der Waals surface area contributed by atoms with Crippen molar-refractivity contribution in [2.45, 2.75) is 19.4 Å². The van der Waals surface area contributed by atoms with Crippen molar-refractivity contribution >= 4 is 11.6 Å². The Balaban J connectivity index is 2.14. The van der Waals surface area contributed by atoms with Gasteiger partial charge in [-0.3, -0.25) is 4.98 Å². The Bertz CT molecular complexity index is 616. The minimum absolute atomic E-state index is 0.355. The lowest BCUT2D eigenvalue weighted by Gasteiger charge is -2.12. The summed E-state index contributed by atoms with van der Waals surface area (Å²) in [5.74, 6) is 2.62. The number of rotatable bonds is 6. The van der Waals surface area contributed by atoms with E-state index < -0.39 is 0 Å². The third-order valence-electron chi connectivity index (χ3n) is 3.00. The largest absolute Gasteiger partial charge is 0.497 e. The van der Waals surface area contributed by atoms with Crippen LogP contribution in [0.1, 0.15) is 17.0 Å². The second-order valence-corrected chi connectivity index (χ2v) is 4.80. The number of hydrogen-bond donors (Lipinski definition) is 0. The number of methoxy groups -OCH3 is 2. The Morgan fingerprint density at radius 2 is 1.81 bits per heavy atom. The fraction of sp³-hybridized carbons (Fsp3) is 0.312. The van der Waals surface area contributed by atoms with E-state index in [1.807, 2.05) is 37.3 Å². The van der Waals surface area contributed by atoms with Gasteiger partial charge in [0.15, 0.2) is 0 Å². The van der Waals surface area contributed by atoms with E-state index >= 15 is 0 Å². The molecular formula is C16H18ClNO3. The van der Waals surface area contributed by atoms with Gasteiger partial charge in [0, 0.05) is 23.4 Å². The molecule has 1 heterocycles. The smallest absolute Gasteiger partial charge is 0.130 e. The number of hydrogen-bond acceptors (Lipinski definition) is 4. The summed E-state index contributed by atoms with van der Waals surface area (Å²) in [4.78, 5) is 4.42. The summed E-state index contributed by atoms with van der Waals surface area (Å²) in [5.41, 5.74) is 2.58. The minimum Gasteiger partial charge on any atom is -0.497 e. The van der Waals surface area contributed by atoms with Crippen LogP contribution in [0.5, 0.6) is 17.2 Å².